The van der Waals surface area contributed by atoms with E-state index in [0.717, 1.165) is 34.4 Å². The molecule has 0 saturated carbocycles. The van der Waals surface area contributed by atoms with Gasteiger partial charge in [0.1, 0.15) is 5.57 Å². The molecule has 2 aromatic carbocycles. The zero-order chi connectivity index (χ0) is 21.3. The largest absolute Gasteiger partial charge is 0.378 e. The van der Waals surface area contributed by atoms with Gasteiger partial charge in [0.05, 0.1) is 18.9 Å². The number of thiocarbonyl (C=S) groups is 1. The first kappa shape index (κ1) is 20.7. The number of rotatable bonds is 3. The van der Waals surface area contributed by atoms with Crippen LogP contribution in [0.1, 0.15) is 11.1 Å². The number of halogens is 1. The SMILES string of the molecule is Cc1cc(N2CCOCC2)ccc1/C=C1\C(=O)NC(=S)N(c2cccc(Br)c2)C1=O. The first-order valence-electron chi connectivity index (χ1n) is 9.54. The van der Waals surface area contributed by atoms with E-state index < -0.39 is 11.8 Å². The summed E-state index contributed by atoms with van der Waals surface area (Å²) in [6.07, 6.45) is 1.63. The maximum atomic E-state index is 13.2. The molecule has 154 valence electrons. The Labute approximate surface area is 188 Å². The van der Waals surface area contributed by atoms with Crippen LogP contribution in [0.2, 0.25) is 0 Å². The molecule has 0 aliphatic carbocycles. The van der Waals surface area contributed by atoms with Gasteiger partial charge in [-0.1, -0.05) is 28.1 Å². The number of amides is 2. The Balaban J connectivity index is 1.65. The van der Waals surface area contributed by atoms with E-state index in [2.05, 4.69) is 32.2 Å². The van der Waals surface area contributed by atoms with Crippen molar-refractivity contribution in [2.24, 2.45) is 0 Å². The van der Waals surface area contributed by atoms with Crippen molar-refractivity contribution in [3.05, 3.63) is 63.6 Å². The van der Waals surface area contributed by atoms with Crippen LogP contribution >= 0.6 is 28.1 Å². The zero-order valence-electron chi connectivity index (χ0n) is 16.4. The van der Waals surface area contributed by atoms with Crippen LogP contribution in [-0.4, -0.2) is 43.2 Å². The number of anilines is 2. The number of morpholine rings is 1. The van der Waals surface area contributed by atoms with Crippen LogP contribution < -0.4 is 15.1 Å². The van der Waals surface area contributed by atoms with Crippen LogP contribution in [-0.2, 0) is 14.3 Å². The smallest absolute Gasteiger partial charge is 0.270 e. The minimum atomic E-state index is -0.493. The molecule has 0 atom stereocenters. The van der Waals surface area contributed by atoms with Gasteiger partial charge in [0.2, 0.25) is 0 Å². The van der Waals surface area contributed by atoms with Gasteiger partial charge < -0.3 is 9.64 Å². The molecule has 30 heavy (non-hydrogen) atoms. The molecule has 0 spiro atoms. The Hall–Kier alpha value is -2.55. The summed E-state index contributed by atoms with van der Waals surface area (Å²) in [5, 5.41) is 2.69. The van der Waals surface area contributed by atoms with Crippen molar-refractivity contribution < 1.29 is 14.3 Å². The fourth-order valence-corrected chi connectivity index (χ4v) is 4.17. The molecule has 2 aliphatic rings. The number of carbonyl (C=O) groups is 2. The van der Waals surface area contributed by atoms with Crippen LogP contribution in [0.5, 0.6) is 0 Å². The molecule has 6 nitrogen and oxygen atoms in total. The molecule has 2 saturated heterocycles. The van der Waals surface area contributed by atoms with Crippen LogP contribution in [0.4, 0.5) is 11.4 Å². The first-order chi connectivity index (χ1) is 14.4. The maximum Gasteiger partial charge on any atom is 0.270 e. The molecule has 0 aromatic heterocycles. The Morgan fingerprint density at radius 3 is 2.57 bits per heavy atom. The standard InChI is InChI=1S/C22H20BrN3O3S/c1-14-11-17(25-7-9-29-10-8-25)6-5-15(14)12-19-20(27)24-22(30)26(21(19)28)18-4-2-3-16(23)13-18/h2-6,11-13H,7-10H2,1H3,(H,24,27,30)/b19-12+. The summed E-state index contributed by atoms with van der Waals surface area (Å²) in [5.74, 6) is -0.939. The van der Waals surface area contributed by atoms with E-state index in [4.69, 9.17) is 17.0 Å². The van der Waals surface area contributed by atoms with E-state index in [1.165, 1.54) is 4.90 Å². The van der Waals surface area contributed by atoms with Gasteiger partial charge in [-0.25, -0.2) is 0 Å². The van der Waals surface area contributed by atoms with E-state index in [-0.39, 0.29) is 10.7 Å². The molecule has 2 aliphatic heterocycles. The number of hydrogen-bond acceptors (Lipinski definition) is 5. The van der Waals surface area contributed by atoms with Gasteiger partial charge in [0, 0.05) is 23.2 Å². The molecule has 2 heterocycles. The highest BCUT2D eigenvalue weighted by Crippen LogP contribution is 2.26. The van der Waals surface area contributed by atoms with Gasteiger partial charge in [-0.2, -0.15) is 0 Å². The lowest BCUT2D eigenvalue weighted by Crippen LogP contribution is -2.54. The number of nitrogens with one attached hydrogen (secondary N) is 1. The summed E-state index contributed by atoms with van der Waals surface area (Å²) in [6, 6.07) is 13.2. The molecule has 1 N–H and O–H groups in total. The Kier molecular flexibility index (Phi) is 5.99. The van der Waals surface area contributed by atoms with Gasteiger partial charge in [-0.15, -0.1) is 0 Å². The number of aryl methyl sites for hydroxylation is 1. The van der Waals surface area contributed by atoms with Gasteiger partial charge >= 0.3 is 0 Å². The second-order valence-electron chi connectivity index (χ2n) is 7.08. The van der Waals surface area contributed by atoms with Gasteiger partial charge in [0.25, 0.3) is 11.8 Å². The van der Waals surface area contributed by atoms with Crippen LogP contribution in [0.3, 0.4) is 0 Å². The van der Waals surface area contributed by atoms with Crippen molar-refractivity contribution in [3.8, 4) is 0 Å². The number of benzene rings is 2. The third-order valence-corrected chi connectivity index (χ3v) is 5.88. The van der Waals surface area contributed by atoms with Crippen molar-refractivity contribution >= 4 is 62.5 Å². The number of hydrogen-bond donors (Lipinski definition) is 1. The highest BCUT2D eigenvalue weighted by Gasteiger charge is 2.34. The second-order valence-corrected chi connectivity index (χ2v) is 8.38. The lowest BCUT2D eigenvalue weighted by molar-refractivity contribution is -0.122. The molecular formula is C22H20BrN3O3S. The van der Waals surface area contributed by atoms with Crippen molar-refractivity contribution in [1.29, 1.82) is 0 Å². The third-order valence-electron chi connectivity index (χ3n) is 5.10. The molecule has 2 aromatic rings. The van der Waals surface area contributed by atoms with E-state index in [1.807, 2.05) is 31.2 Å². The van der Waals surface area contributed by atoms with E-state index in [9.17, 15) is 9.59 Å². The number of nitrogens with zero attached hydrogens (tertiary/aromatic N) is 2. The Morgan fingerprint density at radius 1 is 1.10 bits per heavy atom. The van der Waals surface area contributed by atoms with Gasteiger partial charge in [-0.05, 0) is 66.7 Å². The molecule has 0 bridgehead atoms. The number of carbonyl (C=O) groups excluding carboxylic acids is 2. The highest BCUT2D eigenvalue weighted by molar-refractivity contribution is 9.10. The maximum absolute atomic E-state index is 13.2. The normalized spacial score (nSPS) is 18.7. The van der Waals surface area contributed by atoms with E-state index >= 15 is 0 Å². The lowest BCUT2D eigenvalue weighted by atomic mass is 10.0. The topological polar surface area (TPSA) is 61.9 Å². The molecule has 2 amide bonds. The minimum Gasteiger partial charge on any atom is -0.378 e. The summed E-state index contributed by atoms with van der Waals surface area (Å²) < 4.78 is 6.22. The average molecular weight is 486 g/mol. The highest BCUT2D eigenvalue weighted by atomic mass is 79.9. The number of ether oxygens (including phenoxy) is 1. The van der Waals surface area contributed by atoms with E-state index in [0.29, 0.717) is 18.9 Å². The fraction of sp³-hybridized carbons (Fsp3) is 0.227. The van der Waals surface area contributed by atoms with E-state index in [1.54, 1.807) is 18.2 Å². The quantitative estimate of drug-likeness (QED) is 0.410. The predicted octanol–water partition coefficient (Wildman–Crippen LogP) is 3.43. The second kappa shape index (κ2) is 8.67. The first-order valence-corrected chi connectivity index (χ1v) is 10.7. The molecular weight excluding hydrogens is 466 g/mol. The molecule has 0 unspecified atom stereocenters. The Bertz CT molecular complexity index is 1060. The Morgan fingerprint density at radius 2 is 1.87 bits per heavy atom. The predicted molar refractivity (Wildman–Crippen MR) is 125 cm³/mol. The van der Waals surface area contributed by atoms with Crippen molar-refractivity contribution in [2.75, 3.05) is 36.1 Å². The summed E-state index contributed by atoms with van der Waals surface area (Å²) in [5.41, 5.74) is 3.53. The molecule has 4 rings (SSSR count). The zero-order valence-corrected chi connectivity index (χ0v) is 18.8. The van der Waals surface area contributed by atoms with Crippen molar-refractivity contribution in [3.63, 3.8) is 0 Å². The molecule has 2 fully saturated rings. The summed E-state index contributed by atoms with van der Waals surface area (Å²) >= 11 is 8.66. The molecule has 8 heteroatoms. The van der Waals surface area contributed by atoms with Crippen LogP contribution in [0.25, 0.3) is 6.08 Å². The monoisotopic (exact) mass is 485 g/mol. The van der Waals surface area contributed by atoms with Crippen molar-refractivity contribution in [2.45, 2.75) is 6.92 Å². The third kappa shape index (κ3) is 4.16. The lowest BCUT2D eigenvalue weighted by Gasteiger charge is -2.30. The van der Waals surface area contributed by atoms with Gasteiger partial charge in [-0.3, -0.25) is 19.8 Å². The summed E-state index contributed by atoms with van der Waals surface area (Å²) in [6.45, 7) is 5.09. The average Bonchev–Trinajstić information content (AvgIpc) is 2.72. The van der Waals surface area contributed by atoms with Gasteiger partial charge in [0.15, 0.2) is 5.11 Å². The summed E-state index contributed by atoms with van der Waals surface area (Å²) in [7, 11) is 0. The van der Waals surface area contributed by atoms with Crippen molar-refractivity contribution in [1.82, 2.24) is 5.32 Å². The minimum absolute atomic E-state index is 0.0470. The summed E-state index contributed by atoms with van der Waals surface area (Å²) in [4.78, 5) is 29.3. The molecule has 0 radical (unpaired) electrons. The van der Waals surface area contributed by atoms with Crippen LogP contribution in [0.15, 0.2) is 52.5 Å². The van der Waals surface area contributed by atoms with Crippen LogP contribution in [0, 0.1) is 6.92 Å². The fourth-order valence-electron chi connectivity index (χ4n) is 3.50.